The molecule has 0 saturated heterocycles. The van der Waals surface area contributed by atoms with Crippen molar-refractivity contribution in [2.24, 2.45) is 0 Å². The largest absolute Gasteiger partial charge is 0.464 e. The number of hydrogen-bond acceptors (Lipinski definition) is 3. The lowest BCUT2D eigenvalue weighted by Crippen LogP contribution is -2.06. The van der Waals surface area contributed by atoms with Crippen LogP contribution in [0.1, 0.15) is 35.9 Å². The quantitative estimate of drug-likeness (QED) is 0.872. The van der Waals surface area contributed by atoms with Crippen molar-refractivity contribution in [1.29, 1.82) is 0 Å². The van der Waals surface area contributed by atoms with Crippen LogP contribution in [0.3, 0.4) is 0 Å². The van der Waals surface area contributed by atoms with Crippen LogP contribution in [0.25, 0.3) is 11.4 Å². The second kappa shape index (κ2) is 5.45. The molecule has 0 radical (unpaired) electrons. The van der Waals surface area contributed by atoms with Crippen molar-refractivity contribution in [3.8, 4) is 11.4 Å². The third-order valence-electron chi connectivity index (χ3n) is 2.82. The molecule has 2 aromatic rings. The van der Waals surface area contributed by atoms with Gasteiger partial charge in [-0.2, -0.15) is 0 Å². The molecule has 100 valence electrons. The van der Waals surface area contributed by atoms with Crippen LogP contribution >= 0.6 is 11.6 Å². The molecule has 1 N–H and O–H groups in total. The first kappa shape index (κ1) is 13.6. The second-order valence-corrected chi connectivity index (χ2v) is 4.88. The number of rotatable bonds is 3. The molecule has 0 fully saturated rings. The third-order valence-corrected chi connectivity index (χ3v) is 3.15. The Bertz CT molecular complexity index is 605. The van der Waals surface area contributed by atoms with Crippen molar-refractivity contribution in [3.63, 3.8) is 0 Å². The number of esters is 1. The molecular weight excluding hydrogens is 264 g/mol. The highest BCUT2D eigenvalue weighted by atomic mass is 35.5. The zero-order valence-corrected chi connectivity index (χ0v) is 11.8. The Hall–Kier alpha value is -1.81. The van der Waals surface area contributed by atoms with Crippen LogP contribution in [0.4, 0.5) is 0 Å². The van der Waals surface area contributed by atoms with Crippen LogP contribution in [-0.2, 0) is 4.74 Å². The van der Waals surface area contributed by atoms with E-state index in [4.69, 9.17) is 16.3 Å². The highest BCUT2D eigenvalue weighted by Gasteiger charge is 2.21. The number of carbonyl (C=O) groups excluding carboxylic acids is 1. The lowest BCUT2D eigenvalue weighted by molar-refractivity contribution is 0.0593. The number of H-pyrrole nitrogens is 1. The molecule has 0 aliphatic rings. The zero-order chi connectivity index (χ0) is 14.0. The molecule has 0 unspecified atom stereocenters. The molecule has 5 heteroatoms. The number of nitrogens with one attached hydrogen (secondary N) is 1. The Balaban J connectivity index is 2.55. The van der Waals surface area contributed by atoms with Crippen molar-refractivity contribution in [3.05, 3.63) is 40.7 Å². The molecule has 0 bridgehead atoms. The number of aromatic amines is 1. The summed E-state index contributed by atoms with van der Waals surface area (Å²) in [6.45, 7) is 3.96. The highest BCUT2D eigenvalue weighted by Crippen LogP contribution is 2.28. The number of nitrogens with zero attached hydrogens (tertiary/aromatic N) is 1. The van der Waals surface area contributed by atoms with E-state index in [1.54, 1.807) is 6.07 Å². The number of hydrogen-bond donors (Lipinski definition) is 1. The third kappa shape index (κ3) is 2.63. The second-order valence-electron chi connectivity index (χ2n) is 4.47. The molecule has 19 heavy (non-hydrogen) atoms. The molecule has 4 nitrogen and oxygen atoms in total. The predicted octanol–water partition coefficient (Wildman–Crippen LogP) is 3.64. The average Bonchev–Trinajstić information content (AvgIpc) is 2.83. The fourth-order valence-electron chi connectivity index (χ4n) is 1.84. The number of ether oxygens (including phenoxy) is 1. The smallest absolute Gasteiger partial charge is 0.358 e. The Morgan fingerprint density at radius 2 is 2.05 bits per heavy atom. The van der Waals surface area contributed by atoms with Crippen LogP contribution < -0.4 is 0 Å². The van der Waals surface area contributed by atoms with Gasteiger partial charge < -0.3 is 9.72 Å². The number of methoxy groups -OCH3 is 1. The monoisotopic (exact) mass is 278 g/mol. The lowest BCUT2D eigenvalue weighted by Gasteiger charge is -2.03. The van der Waals surface area contributed by atoms with Gasteiger partial charge in [-0.1, -0.05) is 37.6 Å². The summed E-state index contributed by atoms with van der Waals surface area (Å²) < 4.78 is 4.75. The topological polar surface area (TPSA) is 55.0 Å². The van der Waals surface area contributed by atoms with Gasteiger partial charge in [0.25, 0.3) is 0 Å². The summed E-state index contributed by atoms with van der Waals surface area (Å²) in [5.41, 5.74) is 1.83. The first-order valence-electron chi connectivity index (χ1n) is 5.97. The maximum atomic E-state index is 11.7. The van der Waals surface area contributed by atoms with Gasteiger partial charge >= 0.3 is 5.97 Å². The van der Waals surface area contributed by atoms with Crippen LogP contribution in [0, 0.1) is 0 Å². The van der Waals surface area contributed by atoms with Crippen molar-refractivity contribution >= 4 is 17.6 Å². The molecule has 0 aliphatic carbocycles. The lowest BCUT2D eigenvalue weighted by atomic mass is 10.1. The van der Waals surface area contributed by atoms with Crippen molar-refractivity contribution in [2.75, 3.05) is 7.11 Å². The maximum Gasteiger partial charge on any atom is 0.358 e. The molecule has 0 spiro atoms. The van der Waals surface area contributed by atoms with Gasteiger partial charge in [-0.3, -0.25) is 0 Å². The van der Waals surface area contributed by atoms with E-state index in [1.807, 2.05) is 32.0 Å². The van der Waals surface area contributed by atoms with E-state index in [0.717, 1.165) is 11.3 Å². The fourth-order valence-corrected chi connectivity index (χ4v) is 2.06. The van der Waals surface area contributed by atoms with Gasteiger partial charge in [0.2, 0.25) is 0 Å². The van der Waals surface area contributed by atoms with E-state index in [-0.39, 0.29) is 5.92 Å². The number of halogens is 1. The molecule has 1 aromatic heterocycles. The zero-order valence-electron chi connectivity index (χ0n) is 11.0. The Morgan fingerprint density at radius 3 is 2.63 bits per heavy atom. The predicted molar refractivity (Wildman–Crippen MR) is 74.5 cm³/mol. The van der Waals surface area contributed by atoms with Gasteiger partial charge in [0, 0.05) is 5.56 Å². The minimum absolute atomic E-state index is 0.137. The van der Waals surface area contributed by atoms with E-state index in [9.17, 15) is 4.79 Å². The number of aromatic nitrogens is 2. The molecule has 0 aliphatic heterocycles. The molecule has 1 aromatic carbocycles. The summed E-state index contributed by atoms with van der Waals surface area (Å²) in [4.78, 5) is 19.2. The molecule has 2 rings (SSSR count). The average molecular weight is 279 g/mol. The van der Waals surface area contributed by atoms with Crippen molar-refractivity contribution in [1.82, 2.24) is 9.97 Å². The van der Waals surface area contributed by atoms with Gasteiger partial charge in [0.05, 0.1) is 17.8 Å². The standard InChI is InChI=1S/C14H15ClN2O2/c1-8(2)11-12(14(18)19-3)17-13(16-11)9-6-4-5-7-10(9)15/h4-8H,1-3H3,(H,16,17). The SMILES string of the molecule is COC(=O)c1nc(-c2ccccc2Cl)[nH]c1C(C)C. The van der Waals surface area contributed by atoms with E-state index in [0.29, 0.717) is 16.5 Å². The summed E-state index contributed by atoms with van der Waals surface area (Å²) in [6, 6.07) is 7.36. The van der Waals surface area contributed by atoms with E-state index in [2.05, 4.69) is 9.97 Å². The van der Waals surface area contributed by atoms with Gasteiger partial charge in [0.15, 0.2) is 5.69 Å². The van der Waals surface area contributed by atoms with Gasteiger partial charge in [-0.25, -0.2) is 9.78 Å². The van der Waals surface area contributed by atoms with E-state index in [1.165, 1.54) is 7.11 Å². The first-order chi connectivity index (χ1) is 9.04. The van der Waals surface area contributed by atoms with Crippen LogP contribution in [-0.4, -0.2) is 23.0 Å². The summed E-state index contributed by atoms with van der Waals surface area (Å²) in [6.07, 6.45) is 0. The van der Waals surface area contributed by atoms with E-state index >= 15 is 0 Å². The highest BCUT2D eigenvalue weighted by molar-refractivity contribution is 6.33. The normalized spacial score (nSPS) is 10.8. The van der Waals surface area contributed by atoms with Crippen LogP contribution in [0.2, 0.25) is 5.02 Å². The fraction of sp³-hybridized carbons (Fsp3) is 0.286. The van der Waals surface area contributed by atoms with Crippen molar-refractivity contribution in [2.45, 2.75) is 19.8 Å². The van der Waals surface area contributed by atoms with Crippen LogP contribution in [0.5, 0.6) is 0 Å². The minimum Gasteiger partial charge on any atom is -0.464 e. The first-order valence-corrected chi connectivity index (χ1v) is 6.35. The minimum atomic E-state index is -0.446. The summed E-state index contributed by atoms with van der Waals surface area (Å²) in [7, 11) is 1.34. The number of benzene rings is 1. The summed E-state index contributed by atoms with van der Waals surface area (Å²) >= 11 is 6.14. The van der Waals surface area contributed by atoms with Gasteiger partial charge in [-0.15, -0.1) is 0 Å². The maximum absolute atomic E-state index is 11.7. The molecule has 0 atom stereocenters. The Kier molecular flexibility index (Phi) is 3.90. The number of carbonyl (C=O) groups is 1. The molecule has 0 saturated carbocycles. The molecule has 1 heterocycles. The molecular formula is C14H15ClN2O2. The molecule has 0 amide bonds. The Morgan fingerprint density at radius 1 is 1.37 bits per heavy atom. The van der Waals surface area contributed by atoms with Crippen molar-refractivity contribution < 1.29 is 9.53 Å². The summed E-state index contributed by atoms with van der Waals surface area (Å²) in [5.74, 6) is 0.269. The Labute approximate surface area is 116 Å². The van der Waals surface area contributed by atoms with Gasteiger partial charge in [-0.05, 0) is 18.1 Å². The van der Waals surface area contributed by atoms with Crippen LogP contribution in [0.15, 0.2) is 24.3 Å². The number of imidazole rings is 1. The summed E-state index contributed by atoms with van der Waals surface area (Å²) in [5, 5.41) is 0.586. The van der Waals surface area contributed by atoms with Gasteiger partial charge in [0.1, 0.15) is 5.82 Å². The van der Waals surface area contributed by atoms with E-state index < -0.39 is 5.97 Å².